The summed E-state index contributed by atoms with van der Waals surface area (Å²) in [7, 11) is 0. The number of β-amino-alcohol motifs (C(OH)–C–C–N with tert-alkyl or cyclic N) is 1. The van der Waals surface area contributed by atoms with Gasteiger partial charge in [0.2, 0.25) is 5.91 Å². The van der Waals surface area contributed by atoms with Gasteiger partial charge in [0.25, 0.3) is 0 Å². The van der Waals surface area contributed by atoms with Crippen LogP contribution in [-0.2, 0) is 4.79 Å². The van der Waals surface area contributed by atoms with Crippen LogP contribution in [0.25, 0.3) is 0 Å². The van der Waals surface area contributed by atoms with Crippen LogP contribution < -0.4 is 4.90 Å². The highest BCUT2D eigenvalue weighted by Crippen LogP contribution is 2.23. The summed E-state index contributed by atoms with van der Waals surface area (Å²) in [6.45, 7) is 0.385. The number of benzene rings is 1. The molecule has 74 valence electrons. The molecule has 1 saturated heterocycles. The molecule has 1 aliphatic heterocycles. The third-order valence-corrected chi connectivity index (χ3v) is 2.52. The molecule has 1 aliphatic rings. The molecule has 0 aliphatic carbocycles. The third-order valence-electron chi connectivity index (χ3n) is 2.25. The Morgan fingerprint density at radius 3 is 2.86 bits per heavy atom. The van der Waals surface area contributed by atoms with Crippen LogP contribution in [-0.4, -0.2) is 23.7 Å². The first-order valence-electron chi connectivity index (χ1n) is 4.44. The fourth-order valence-electron chi connectivity index (χ4n) is 1.60. The average molecular weight is 209 g/mol. The van der Waals surface area contributed by atoms with Crippen molar-refractivity contribution >= 4 is 24.2 Å². The molecule has 0 saturated carbocycles. The Morgan fingerprint density at radius 1 is 1.50 bits per heavy atom. The molecule has 1 atom stereocenters. The zero-order chi connectivity index (χ0) is 10.1. The van der Waals surface area contributed by atoms with Crippen LogP contribution in [0.4, 0.5) is 5.69 Å². The number of carbonyl (C=O) groups excluding carboxylic acids is 1. The Kier molecular flexibility index (Phi) is 2.48. The van der Waals surface area contributed by atoms with Gasteiger partial charge in [-0.15, -0.1) is 12.6 Å². The molecule has 2 rings (SSSR count). The maximum atomic E-state index is 11.4. The molecule has 1 amide bonds. The second-order valence-corrected chi connectivity index (χ2v) is 3.90. The van der Waals surface area contributed by atoms with Crippen LogP contribution >= 0.6 is 12.6 Å². The van der Waals surface area contributed by atoms with E-state index in [-0.39, 0.29) is 12.3 Å². The van der Waals surface area contributed by atoms with Gasteiger partial charge < -0.3 is 10.0 Å². The van der Waals surface area contributed by atoms with E-state index in [1.165, 1.54) is 0 Å². The van der Waals surface area contributed by atoms with Crippen LogP contribution in [0.3, 0.4) is 0 Å². The Morgan fingerprint density at radius 2 is 2.29 bits per heavy atom. The molecular weight excluding hydrogens is 198 g/mol. The van der Waals surface area contributed by atoms with E-state index >= 15 is 0 Å². The smallest absolute Gasteiger partial charge is 0.229 e. The van der Waals surface area contributed by atoms with Crippen molar-refractivity contribution in [1.29, 1.82) is 0 Å². The molecule has 3 nitrogen and oxygen atoms in total. The lowest BCUT2D eigenvalue weighted by molar-refractivity contribution is -0.117. The minimum atomic E-state index is -0.536. The van der Waals surface area contributed by atoms with Crippen LogP contribution in [0.2, 0.25) is 0 Å². The molecule has 0 aromatic heterocycles. The van der Waals surface area contributed by atoms with Crippen molar-refractivity contribution in [1.82, 2.24) is 0 Å². The van der Waals surface area contributed by atoms with Gasteiger partial charge in [0.05, 0.1) is 19.1 Å². The SMILES string of the molecule is O=C1CC(O)CN1c1cccc(S)c1. The molecule has 0 radical (unpaired) electrons. The van der Waals surface area contributed by atoms with E-state index in [1.807, 2.05) is 24.3 Å². The highest BCUT2D eigenvalue weighted by atomic mass is 32.1. The molecular formula is C10H11NO2S. The quantitative estimate of drug-likeness (QED) is 0.679. The second kappa shape index (κ2) is 3.63. The van der Waals surface area contributed by atoms with E-state index < -0.39 is 6.10 Å². The third kappa shape index (κ3) is 1.76. The van der Waals surface area contributed by atoms with Gasteiger partial charge in [-0.25, -0.2) is 0 Å². The average Bonchev–Trinajstić information content (AvgIpc) is 2.45. The second-order valence-electron chi connectivity index (χ2n) is 3.38. The predicted molar refractivity (Wildman–Crippen MR) is 56.7 cm³/mol. The van der Waals surface area contributed by atoms with Gasteiger partial charge in [0.1, 0.15) is 0 Å². The summed E-state index contributed by atoms with van der Waals surface area (Å²) in [4.78, 5) is 13.8. The number of anilines is 1. The van der Waals surface area contributed by atoms with E-state index in [0.717, 1.165) is 10.6 Å². The molecule has 0 spiro atoms. The van der Waals surface area contributed by atoms with Crippen molar-refractivity contribution in [2.75, 3.05) is 11.4 Å². The topological polar surface area (TPSA) is 40.5 Å². The van der Waals surface area contributed by atoms with Crippen molar-refractivity contribution < 1.29 is 9.90 Å². The molecule has 4 heteroatoms. The Hall–Kier alpha value is -1.00. The van der Waals surface area contributed by atoms with Gasteiger partial charge in [-0.1, -0.05) is 6.07 Å². The number of hydrogen-bond acceptors (Lipinski definition) is 3. The summed E-state index contributed by atoms with van der Waals surface area (Å²) in [6.07, 6.45) is -0.317. The molecule has 1 heterocycles. The zero-order valence-corrected chi connectivity index (χ0v) is 8.45. The van der Waals surface area contributed by atoms with Crippen LogP contribution in [0, 0.1) is 0 Å². The minimum Gasteiger partial charge on any atom is -0.391 e. The van der Waals surface area contributed by atoms with E-state index in [9.17, 15) is 9.90 Å². The first-order chi connectivity index (χ1) is 6.66. The van der Waals surface area contributed by atoms with Gasteiger partial charge in [-0.05, 0) is 18.2 Å². The molecule has 1 aromatic rings. The first kappa shape index (κ1) is 9.55. The van der Waals surface area contributed by atoms with E-state index in [4.69, 9.17) is 0 Å². The number of aliphatic hydroxyl groups excluding tert-OH is 1. The highest BCUT2D eigenvalue weighted by molar-refractivity contribution is 7.80. The van der Waals surface area contributed by atoms with Crippen molar-refractivity contribution in [3.63, 3.8) is 0 Å². The van der Waals surface area contributed by atoms with Gasteiger partial charge in [0.15, 0.2) is 0 Å². The summed E-state index contributed by atoms with van der Waals surface area (Å²) in [5.41, 5.74) is 0.805. The van der Waals surface area contributed by atoms with Crippen LogP contribution in [0.15, 0.2) is 29.2 Å². The molecule has 1 aromatic carbocycles. The summed E-state index contributed by atoms with van der Waals surface area (Å²) in [5, 5.41) is 9.32. The van der Waals surface area contributed by atoms with Gasteiger partial charge in [-0.3, -0.25) is 4.79 Å². The van der Waals surface area contributed by atoms with E-state index in [0.29, 0.717) is 6.54 Å². The standard InChI is InChI=1S/C10H11NO2S/c12-8-5-10(13)11(6-8)7-2-1-3-9(14)4-7/h1-4,8,12,14H,5-6H2. The van der Waals surface area contributed by atoms with E-state index in [2.05, 4.69) is 12.6 Å². The minimum absolute atomic E-state index is 0.0311. The van der Waals surface area contributed by atoms with Gasteiger partial charge in [0, 0.05) is 10.6 Å². The van der Waals surface area contributed by atoms with Crippen LogP contribution in [0.1, 0.15) is 6.42 Å². The summed E-state index contributed by atoms with van der Waals surface area (Å²) >= 11 is 4.20. The Labute approximate surface area is 87.8 Å². The summed E-state index contributed by atoms with van der Waals surface area (Å²) < 4.78 is 0. The number of rotatable bonds is 1. The number of aliphatic hydroxyl groups is 1. The zero-order valence-electron chi connectivity index (χ0n) is 7.55. The van der Waals surface area contributed by atoms with Crippen molar-refractivity contribution in [2.24, 2.45) is 0 Å². The predicted octanol–water partition coefficient (Wildman–Crippen LogP) is 1.07. The molecule has 1 unspecified atom stereocenters. The number of hydrogen-bond donors (Lipinski definition) is 2. The number of carbonyl (C=O) groups is 1. The first-order valence-corrected chi connectivity index (χ1v) is 4.89. The number of thiol groups is 1. The maximum absolute atomic E-state index is 11.4. The van der Waals surface area contributed by atoms with Gasteiger partial charge >= 0.3 is 0 Å². The lowest BCUT2D eigenvalue weighted by Gasteiger charge is -2.15. The summed E-state index contributed by atoms with van der Waals surface area (Å²) in [6, 6.07) is 7.36. The monoisotopic (exact) mass is 209 g/mol. The fourth-order valence-corrected chi connectivity index (χ4v) is 1.82. The number of nitrogens with zero attached hydrogens (tertiary/aromatic N) is 1. The Bertz CT molecular complexity index is 367. The lowest BCUT2D eigenvalue weighted by Crippen LogP contribution is -2.25. The molecule has 0 bridgehead atoms. The normalized spacial score (nSPS) is 21.7. The van der Waals surface area contributed by atoms with Crippen molar-refractivity contribution in [3.05, 3.63) is 24.3 Å². The lowest BCUT2D eigenvalue weighted by atomic mass is 10.3. The highest BCUT2D eigenvalue weighted by Gasteiger charge is 2.28. The summed E-state index contributed by atoms with van der Waals surface area (Å²) in [5.74, 6) is -0.0311. The van der Waals surface area contributed by atoms with Crippen LogP contribution in [0.5, 0.6) is 0 Å². The Balaban J connectivity index is 2.27. The molecule has 14 heavy (non-hydrogen) atoms. The van der Waals surface area contributed by atoms with Crippen molar-refractivity contribution in [2.45, 2.75) is 17.4 Å². The van der Waals surface area contributed by atoms with E-state index in [1.54, 1.807) is 4.90 Å². The van der Waals surface area contributed by atoms with Gasteiger partial charge in [-0.2, -0.15) is 0 Å². The molecule has 1 N–H and O–H groups in total. The fraction of sp³-hybridized carbons (Fsp3) is 0.300. The van der Waals surface area contributed by atoms with Crippen molar-refractivity contribution in [3.8, 4) is 0 Å². The number of amides is 1. The molecule has 1 fully saturated rings. The maximum Gasteiger partial charge on any atom is 0.229 e. The largest absolute Gasteiger partial charge is 0.391 e.